The van der Waals surface area contributed by atoms with Gasteiger partial charge in [0.05, 0.1) is 24.8 Å². The summed E-state index contributed by atoms with van der Waals surface area (Å²) in [5.74, 6) is 0.0603. The second-order valence-corrected chi connectivity index (χ2v) is 4.75. The van der Waals surface area contributed by atoms with E-state index in [4.69, 9.17) is 10.5 Å². The van der Waals surface area contributed by atoms with Gasteiger partial charge in [-0.1, -0.05) is 13.3 Å². The molecular weight excluding hydrogens is 192 g/mol. The Morgan fingerprint density at radius 1 is 1.60 bits per heavy atom. The zero-order valence-corrected chi connectivity index (χ0v) is 9.95. The number of nitrogens with two attached hydrogens (primary N) is 1. The van der Waals surface area contributed by atoms with Gasteiger partial charge in [-0.05, 0) is 20.3 Å². The fourth-order valence-corrected chi connectivity index (χ4v) is 1.90. The SMILES string of the molecule is CCC[C@H](N)C(=O)N1CCOCC1(C)C. The Labute approximate surface area is 91.8 Å². The van der Waals surface area contributed by atoms with Crippen LogP contribution in [0.4, 0.5) is 0 Å². The zero-order chi connectivity index (χ0) is 11.5. The molecule has 0 aromatic rings. The topological polar surface area (TPSA) is 55.6 Å². The molecule has 0 aromatic carbocycles. The van der Waals surface area contributed by atoms with E-state index in [1.807, 2.05) is 25.7 Å². The average molecular weight is 214 g/mol. The molecule has 1 amide bonds. The number of hydrogen-bond acceptors (Lipinski definition) is 3. The maximum Gasteiger partial charge on any atom is 0.240 e. The first kappa shape index (κ1) is 12.5. The summed E-state index contributed by atoms with van der Waals surface area (Å²) in [4.78, 5) is 13.9. The summed E-state index contributed by atoms with van der Waals surface area (Å²) >= 11 is 0. The minimum atomic E-state index is -0.354. The molecule has 0 bridgehead atoms. The van der Waals surface area contributed by atoms with Gasteiger partial charge in [-0.25, -0.2) is 0 Å². The largest absolute Gasteiger partial charge is 0.377 e. The lowest BCUT2D eigenvalue weighted by Crippen LogP contribution is -2.59. The lowest BCUT2D eigenvalue weighted by Gasteiger charge is -2.43. The summed E-state index contributed by atoms with van der Waals surface area (Å²) in [5, 5.41) is 0. The summed E-state index contributed by atoms with van der Waals surface area (Å²) in [6, 6.07) is -0.354. The first-order valence-corrected chi connectivity index (χ1v) is 5.64. The fourth-order valence-electron chi connectivity index (χ4n) is 1.90. The molecule has 15 heavy (non-hydrogen) atoms. The van der Waals surface area contributed by atoms with Crippen molar-refractivity contribution in [1.29, 1.82) is 0 Å². The molecule has 0 saturated carbocycles. The van der Waals surface area contributed by atoms with Gasteiger partial charge in [-0.15, -0.1) is 0 Å². The molecule has 1 aliphatic heterocycles. The molecule has 2 N–H and O–H groups in total. The van der Waals surface area contributed by atoms with E-state index in [9.17, 15) is 4.79 Å². The van der Waals surface area contributed by atoms with Crippen LogP contribution in [0.2, 0.25) is 0 Å². The Hall–Kier alpha value is -0.610. The molecule has 1 heterocycles. The Morgan fingerprint density at radius 2 is 2.27 bits per heavy atom. The predicted octanol–water partition coefficient (Wildman–Crippen LogP) is 0.751. The van der Waals surface area contributed by atoms with Gasteiger partial charge in [0.15, 0.2) is 0 Å². The molecule has 88 valence electrons. The highest BCUT2D eigenvalue weighted by molar-refractivity contribution is 5.82. The average Bonchev–Trinajstić information content (AvgIpc) is 2.16. The van der Waals surface area contributed by atoms with Gasteiger partial charge in [0, 0.05) is 6.54 Å². The van der Waals surface area contributed by atoms with E-state index in [0.29, 0.717) is 19.8 Å². The maximum atomic E-state index is 12.0. The smallest absolute Gasteiger partial charge is 0.240 e. The van der Waals surface area contributed by atoms with Gasteiger partial charge in [0.1, 0.15) is 0 Å². The molecule has 4 nitrogen and oxygen atoms in total. The third kappa shape index (κ3) is 2.92. The third-order valence-electron chi connectivity index (χ3n) is 2.83. The second kappa shape index (κ2) is 4.94. The van der Waals surface area contributed by atoms with Crippen molar-refractivity contribution in [2.45, 2.75) is 45.2 Å². The van der Waals surface area contributed by atoms with Crippen molar-refractivity contribution in [3.63, 3.8) is 0 Å². The molecule has 1 rings (SSSR count). The first-order chi connectivity index (χ1) is 6.99. The Balaban J connectivity index is 2.64. The highest BCUT2D eigenvalue weighted by Crippen LogP contribution is 2.20. The molecule has 0 aromatic heterocycles. The first-order valence-electron chi connectivity index (χ1n) is 5.64. The second-order valence-electron chi connectivity index (χ2n) is 4.75. The van der Waals surface area contributed by atoms with Crippen LogP contribution in [-0.2, 0) is 9.53 Å². The third-order valence-corrected chi connectivity index (χ3v) is 2.83. The van der Waals surface area contributed by atoms with Gasteiger partial charge in [-0.2, -0.15) is 0 Å². The molecular formula is C11H22N2O2. The number of rotatable bonds is 3. The number of morpholine rings is 1. The number of ether oxygens (including phenoxy) is 1. The van der Waals surface area contributed by atoms with E-state index in [1.54, 1.807) is 0 Å². The zero-order valence-electron chi connectivity index (χ0n) is 9.95. The Kier molecular flexibility index (Phi) is 4.11. The summed E-state index contributed by atoms with van der Waals surface area (Å²) < 4.78 is 5.37. The highest BCUT2D eigenvalue weighted by atomic mass is 16.5. The molecule has 1 fully saturated rings. The molecule has 0 aliphatic carbocycles. The predicted molar refractivity (Wildman–Crippen MR) is 59.5 cm³/mol. The van der Waals surface area contributed by atoms with Crippen molar-refractivity contribution in [1.82, 2.24) is 4.90 Å². The van der Waals surface area contributed by atoms with Crippen LogP contribution >= 0.6 is 0 Å². The molecule has 0 spiro atoms. The van der Waals surface area contributed by atoms with Crippen LogP contribution < -0.4 is 5.73 Å². The molecule has 0 unspecified atom stereocenters. The van der Waals surface area contributed by atoms with Crippen LogP contribution in [0, 0.1) is 0 Å². The van der Waals surface area contributed by atoms with Crippen molar-refractivity contribution in [2.24, 2.45) is 5.73 Å². The summed E-state index contributed by atoms with van der Waals surface area (Å²) in [5.41, 5.74) is 5.63. The van der Waals surface area contributed by atoms with Crippen LogP contribution in [0.5, 0.6) is 0 Å². The van der Waals surface area contributed by atoms with Gasteiger partial charge in [0.2, 0.25) is 5.91 Å². The Bertz CT molecular complexity index is 229. The van der Waals surface area contributed by atoms with Crippen LogP contribution in [0.25, 0.3) is 0 Å². The van der Waals surface area contributed by atoms with Crippen molar-refractivity contribution >= 4 is 5.91 Å². The molecule has 4 heteroatoms. The van der Waals surface area contributed by atoms with Crippen LogP contribution in [0.15, 0.2) is 0 Å². The monoisotopic (exact) mass is 214 g/mol. The van der Waals surface area contributed by atoms with E-state index < -0.39 is 0 Å². The Morgan fingerprint density at radius 3 is 2.80 bits per heavy atom. The minimum Gasteiger partial charge on any atom is -0.377 e. The number of nitrogens with zero attached hydrogens (tertiary/aromatic N) is 1. The van der Waals surface area contributed by atoms with Crippen molar-refractivity contribution in [3.05, 3.63) is 0 Å². The maximum absolute atomic E-state index is 12.0. The fraction of sp³-hybridized carbons (Fsp3) is 0.909. The lowest BCUT2D eigenvalue weighted by atomic mass is 10.0. The van der Waals surface area contributed by atoms with Crippen molar-refractivity contribution < 1.29 is 9.53 Å². The summed E-state index contributed by atoms with van der Waals surface area (Å²) in [6.07, 6.45) is 1.70. The van der Waals surface area contributed by atoms with Crippen molar-refractivity contribution in [3.8, 4) is 0 Å². The number of carbonyl (C=O) groups is 1. The number of carbonyl (C=O) groups excluding carboxylic acids is 1. The summed E-state index contributed by atoms with van der Waals surface area (Å²) in [7, 11) is 0. The van der Waals surface area contributed by atoms with E-state index >= 15 is 0 Å². The minimum absolute atomic E-state index is 0.0603. The van der Waals surface area contributed by atoms with Crippen LogP contribution in [-0.4, -0.2) is 42.1 Å². The van der Waals surface area contributed by atoms with Gasteiger partial charge >= 0.3 is 0 Å². The lowest BCUT2D eigenvalue weighted by molar-refractivity contribution is -0.147. The van der Waals surface area contributed by atoms with E-state index in [2.05, 4.69) is 0 Å². The van der Waals surface area contributed by atoms with Gasteiger partial charge < -0.3 is 15.4 Å². The van der Waals surface area contributed by atoms with E-state index in [-0.39, 0.29) is 17.5 Å². The van der Waals surface area contributed by atoms with Crippen LogP contribution in [0.3, 0.4) is 0 Å². The van der Waals surface area contributed by atoms with Crippen LogP contribution in [0.1, 0.15) is 33.6 Å². The molecule has 1 atom stereocenters. The quantitative estimate of drug-likeness (QED) is 0.754. The normalized spacial score (nSPS) is 22.5. The van der Waals surface area contributed by atoms with Gasteiger partial charge in [-0.3, -0.25) is 4.79 Å². The van der Waals surface area contributed by atoms with E-state index in [1.165, 1.54) is 0 Å². The van der Waals surface area contributed by atoms with Gasteiger partial charge in [0.25, 0.3) is 0 Å². The highest BCUT2D eigenvalue weighted by Gasteiger charge is 2.35. The number of hydrogen-bond donors (Lipinski definition) is 1. The molecule has 0 radical (unpaired) electrons. The number of amides is 1. The van der Waals surface area contributed by atoms with Crippen molar-refractivity contribution in [2.75, 3.05) is 19.8 Å². The summed E-state index contributed by atoms with van der Waals surface area (Å²) in [6.45, 7) is 7.94. The molecule has 1 saturated heterocycles. The molecule has 1 aliphatic rings. The standard InChI is InChI=1S/C11H22N2O2/c1-4-5-9(12)10(14)13-6-7-15-8-11(13,2)3/h9H,4-8,12H2,1-3H3/t9-/m0/s1. The van der Waals surface area contributed by atoms with E-state index in [0.717, 1.165) is 12.8 Å².